The minimum absolute atomic E-state index is 0.0984. The summed E-state index contributed by atoms with van der Waals surface area (Å²) in [5.41, 5.74) is -0.136. The number of rotatable bonds is 4. The number of hydrogen-bond donors (Lipinski definition) is 1. The van der Waals surface area contributed by atoms with Crippen molar-refractivity contribution in [1.29, 1.82) is 0 Å². The van der Waals surface area contributed by atoms with E-state index in [9.17, 15) is 4.79 Å². The maximum Gasteiger partial charge on any atom is 0.307 e. The summed E-state index contributed by atoms with van der Waals surface area (Å²) in [6, 6.07) is 0. The van der Waals surface area contributed by atoms with Crippen molar-refractivity contribution >= 4 is 17.6 Å². The zero-order chi connectivity index (χ0) is 11.8. The lowest BCUT2D eigenvalue weighted by atomic mass is 10.1. The van der Waals surface area contributed by atoms with Gasteiger partial charge in [-0.05, 0) is 23.7 Å². The van der Waals surface area contributed by atoms with Gasteiger partial charge in [0, 0.05) is 5.03 Å². The van der Waals surface area contributed by atoms with Gasteiger partial charge in [0.25, 0.3) is 0 Å². The van der Waals surface area contributed by atoms with Crippen molar-refractivity contribution in [3.05, 3.63) is 11.1 Å². The molecule has 1 aliphatic rings. The molecule has 1 saturated carbocycles. The van der Waals surface area contributed by atoms with Gasteiger partial charge >= 0.3 is 5.97 Å². The summed E-state index contributed by atoms with van der Waals surface area (Å²) in [6.45, 7) is 8.16. The standard InChI is InChI=1S/C12H19ClO2/c1-7(2)5-8(13)6-9-10(11(14)15)12(9,3)4/h6-7,9-10H,5H2,1-4H3,(H,14,15)/b8-6+/t9-,10+/m1/s1. The Hall–Kier alpha value is -0.500. The van der Waals surface area contributed by atoms with E-state index < -0.39 is 5.97 Å². The van der Waals surface area contributed by atoms with Crippen molar-refractivity contribution in [3.63, 3.8) is 0 Å². The van der Waals surface area contributed by atoms with Crippen molar-refractivity contribution in [2.75, 3.05) is 0 Å². The third-order valence-corrected chi connectivity index (χ3v) is 3.42. The molecule has 86 valence electrons. The van der Waals surface area contributed by atoms with Gasteiger partial charge in [-0.3, -0.25) is 4.79 Å². The van der Waals surface area contributed by atoms with E-state index in [4.69, 9.17) is 16.7 Å². The van der Waals surface area contributed by atoms with E-state index in [0.717, 1.165) is 11.5 Å². The molecule has 0 bridgehead atoms. The molecule has 1 rings (SSSR count). The number of aliphatic carboxylic acids is 1. The molecule has 1 aliphatic carbocycles. The van der Waals surface area contributed by atoms with Crippen LogP contribution in [0.4, 0.5) is 0 Å². The fraction of sp³-hybridized carbons (Fsp3) is 0.750. The van der Waals surface area contributed by atoms with Crippen LogP contribution >= 0.6 is 11.6 Å². The second kappa shape index (κ2) is 4.17. The Morgan fingerprint density at radius 1 is 1.53 bits per heavy atom. The van der Waals surface area contributed by atoms with E-state index >= 15 is 0 Å². The van der Waals surface area contributed by atoms with E-state index in [1.807, 2.05) is 19.9 Å². The van der Waals surface area contributed by atoms with Gasteiger partial charge in [-0.15, -0.1) is 0 Å². The van der Waals surface area contributed by atoms with E-state index in [0.29, 0.717) is 5.92 Å². The maximum atomic E-state index is 10.9. The molecule has 0 saturated heterocycles. The lowest BCUT2D eigenvalue weighted by molar-refractivity contribution is -0.139. The third kappa shape index (κ3) is 2.75. The Balaban J connectivity index is 2.65. The summed E-state index contributed by atoms with van der Waals surface area (Å²) in [6.07, 6.45) is 2.76. The van der Waals surface area contributed by atoms with Crippen molar-refractivity contribution in [1.82, 2.24) is 0 Å². The van der Waals surface area contributed by atoms with Crippen LogP contribution < -0.4 is 0 Å². The molecule has 2 nitrogen and oxygen atoms in total. The first-order valence-corrected chi connectivity index (χ1v) is 5.73. The number of carboxylic acids is 1. The van der Waals surface area contributed by atoms with Gasteiger partial charge in [0.15, 0.2) is 0 Å². The first kappa shape index (κ1) is 12.6. The Bertz CT molecular complexity index is 292. The maximum absolute atomic E-state index is 10.9. The van der Waals surface area contributed by atoms with Crippen LogP contribution in [0.1, 0.15) is 34.1 Å². The van der Waals surface area contributed by atoms with Crippen LogP contribution in [0, 0.1) is 23.2 Å². The van der Waals surface area contributed by atoms with Crippen molar-refractivity contribution in [2.24, 2.45) is 23.2 Å². The molecule has 15 heavy (non-hydrogen) atoms. The van der Waals surface area contributed by atoms with E-state index in [1.165, 1.54) is 0 Å². The smallest absolute Gasteiger partial charge is 0.307 e. The van der Waals surface area contributed by atoms with Crippen molar-refractivity contribution < 1.29 is 9.90 Å². The first-order valence-electron chi connectivity index (χ1n) is 5.35. The van der Waals surface area contributed by atoms with Crippen LogP contribution in [-0.2, 0) is 4.79 Å². The van der Waals surface area contributed by atoms with Crippen LogP contribution in [0.15, 0.2) is 11.1 Å². The Kier molecular flexibility index (Phi) is 3.49. The van der Waals surface area contributed by atoms with Gasteiger partial charge in [0.05, 0.1) is 5.92 Å². The lowest BCUT2D eigenvalue weighted by Crippen LogP contribution is -2.03. The molecule has 3 heteroatoms. The summed E-state index contributed by atoms with van der Waals surface area (Å²) in [7, 11) is 0. The molecule has 0 radical (unpaired) electrons. The van der Waals surface area contributed by atoms with Crippen LogP contribution in [-0.4, -0.2) is 11.1 Å². The zero-order valence-electron chi connectivity index (χ0n) is 9.75. The number of carboxylic acid groups (broad SMARTS) is 1. The molecule has 0 aromatic heterocycles. The molecule has 0 spiro atoms. The van der Waals surface area contributed by atoms with Crippen LogP contribution in [0.3, 0.4) is 0 Å². The predicted octanol–water partition coefficient (Wildman–Crippen LogP) is 3.51. The fourth-order valence-electron chi connectivity index (χ4n) is 2.11. The molecule has 1 N–H and O–H groups in total. The number of halogens is 1. The second-order valence-corrected chi connectivity index (χ2v) is 5.86. The molecular weight excluding hydrogens is 212 g/mol. The monoisotopic (exact) mass is 230 g/mol. The third-order valence-electron chi connectivity index (χ3n) is 3.14. The fourth-order valence-corrected chi connectivity index (χ4v) is 2.56. The molecule has 0 heterocycles. The van der Waals surface area contributed by atoms with Gasteiger partial charge in [0.2, 0.25) is 0 Å². The van der Waals surface area contributed by atoms with Gasteiger partial charge in [-0.25, -0.2) is 0 Å². The predicted molar refractivity (Wildman–Crippen MR) is 61.8 cm³/mol. The highest BCUT2D eigenvalue weighted by Crippen LogP contribution is 2.59. The summed E-state index contributed by atoms with van der Waals surface area (Å²) >= 11 is 6.08. The zero-order valence-corrected chi connectivity index (χ0v) is 10.5. The quantitative estimate of drug-likeness (QED) is 0.803. The molecule has 0 aliphatic heterocycles. The summed E-state index contributed by atoms with van der Waals surface area (Å²) in [5, 5.41) is 9.78. The molecule has 0 unspecified atom stereocenters. The topological polar surface area (TPSA) is 37.3 Å². The van der Waals surface area contributed by atoms with Crippen molar-refractivity contribution in [3.8, 4) is 0 Å². The first-order chi connectivity index (χ1) is 6.76. The lowest BCUT2D eigenvalue weighted by Gasteiger charge is -2.03. The van der Waals surface area contributed by atoms with Crippen LogP contribution in [0.5, 0.6) is 0 Å². The highest BCUT2D eigenvalue weighted by Gasteiger charge is 2.60. The number of carbonyl (C=O) groups is 1. The Morgan fingerprint density at radius 3 is 2.40 bits per heavy atom. The van der Waals surface area contributed by atoms with Crippen LogP contribution in [0.2, 0.25) is 0 Å². The molecule has 0 aromatic carbocycles. The summed E-state index contributed by atoms with van der Waals surface area (Å²) in [4.78, 5) is 10.9. The molecule has 0 aromatic rings. The van der Waals surface area contributed by atoms with Crippen LogP contribution in [0.25, 0.3) is 0 Å². The van der Waals surface area contributed by atoms with Crippen molar-refractivity contribution in [2.45, 2.75) is 34.1 Å². The van der Waals surface area contributed by atoms with Gasteiger partial charge in [-0.1, -0.05) is 45.4 Å². The van der Waals surface area contributed by atoms with E-state index in [1.54, 1.807) is 0 Å². The molecule has 1 fully saturated rings. The number of hydrogen-bond acceptors (Lipinski definition) is 1. The normalized spacial score (nSPS) is 29.3. The van der Waals surface area contributed by atoms with Gasteiger partial charge < -0.3 is 5.11 Å². The number of allylic oxidation sites excluding steroid dienone is 2. The van der Waals surface area contributed by atoms with Gasteiger partial charge in [0.1, 0.15) is 0 Å². The largest absolute Gasteiger partial charge is 0.481 e. The Morgan fingerprint density at radius 2 is 2.07 bits per heavy atom. The highest BCUT2D eigenvalue weighted by molar-refractivity contribution is 6.29. The minimum Gasteiger partial charge on any atom is -0.481 e. The summed E-state index contributed by atoms with van der Waals surface area (Å²) < 4.78 is 0. The average Bonchev–Trinajstić information content (AvgIpc) is 2.50. The molecule has 0 amide bonds. The Labute approximate surface area is 96.3 Å². The van der Waals surface area contributed by atoms with E-state index in [2.05, 4.69) is 13.8 Å². The average molecular weight is 231 g/mol. The second-order valence-electron chi connectivity index (χ2n) is 5.37. The summed E-state index contributed by atoms with van der Waals surface area (Å²) in [5.74, 6) is -0.367. The van der Waals surface area contributed by atoms with E-state index in [-0.39, 0.29) is 17.3 Å². The molecule has 2 atom stereocenters. The minimum atomic E-state index is -0.713. The van der Waals surface area contributed by atoms with Gasteiger partial charge in [-0.2, -0.15) is 0 Å². The molecular formula is C12H19ClO2. The highest BCUT2D eigenvalue weighted by atomic mass is 35.5. The SMILES string of the molecule is CC(C)C/C(Cl)=C\[C@@H]1[C@@H](C(=O)O)C1(C)C.